The molecule has 4 nitrogen and oxygen atoms in total. The molecule has 0 aromatic heterocycles. The summed E-state index contributed by atoms with van der Waals surface area (Å²) in [6.07, 6.45) is -0.459. The van der Waals surface area contributed by atoms with Gasteiger partial charge < -0.3 is 0 Å². The van der Waals surface area contributed by atoms with E-state index in [0.29, 0.717) is 13.2 Å². The van der Waals surface area contributed by atoms with E-state index in [4.69, 9.17) is 9.16 Å². The molecule has 0 bridgehead atoms. The van der Waals surface area contributed by atoms with E-state index < -0.39 is 26.7 Å². The number of cyclic esters (lactones) is 1. The Morgan fingerprint density at radius 1 is 1.20 bits per heavy atom. The van der Waals surface area contributed by atoms with E-state index >= 15 is 0 Å². The Bertz CT molecular complexity index is 617. The van der Waals surface area contributed by atoms with Gasteiger partial charge >= 0.3 is 158 Å². The summed E-state index contributed by atoms with van der Waals surface area (Å²) in [5, 5.41) is 0.157. The van der Waals surface area contributed by atoms with Crippen molar-refractivity contribution in [1.82, 2.24) is 0 Å². The number of amides is 1. The first-order valence-corrected chi connectivity index (χ1v) is 21.9. The molecule has 2 rings (SSSR count). The van der Waals surface area contributed by atoms with Gasteiger partial charge in [-0.1, -0.05) is 0 Å². The van der Waals surface area contributed by atoms with Crippen LogP contribution in [0.1, 0.15) is 20.8 Å². The Hall–Kier alpha value is -0.534. The topological polar surface area (TPSA) is 38.8 Å². The number of hydrogen-bond acceptors (Lipinski definition) is 3. The third kappa shape index (κ3) is 5.01. The van der Waals surface area contributed by atoms with Crippen LogP contribution in [-0.4, -0.2) is 52.0 Å². The summed E-state index contributed by atoms with van der Waals surface area (Å²) >= 11 is -2.06. The Labute approximate surface area is 157 Å². The van der Waals surface area contributed by atoms with E-state index in [-0.39, 0.29) is 17.2 Å². The average molecular weight is 470 g/mol. The van der Waals surface area contributed by atoms with E-state index in [1.807, 2.05) is 0 Å². The van der Waals surface area contributed by atoms with Crippen LogP contribution >= 0.6 is 0 Å². The summed E-state index contributed by atoms with van der Waals surface area (Å²) in [5.41, 5.74) is 0.916. The molecule has 25 heavy (non-hydrogen) atoms. The molecule has 1 aliphatic rings. The van der Waals surface area contributed by atoms with Crippen molar-refractivity contribution in [2.24, 2.45) is 0 Å². The molecule has 0 spiro atoms. The molecule has 1 fully saturated rings. The number of carbonyl (C=O) groups is 1. The molecule has 140 valence electrons. The normalized spacial score (nSPS) is 19.3. The van der Waals surface area contributed by atoms with Crippen LogP contribution in [0, 0.1) is 0 Å². The van der Waals surface area contributed by atoms with Gasteiger partial charge in [0.25, 0.3) is 0 Å². The van der Waals surface area contributed by atoms with E-state index in [1.165, 1.54) is 3.58 Å². The summed E-state index contributed by atoms with van der Waals surface area (Å²) in [6.45, 7) is 12.1. The molecule has 0 N–H and O–H groups in total. The zero-order chi connectivity index (χ0) is 19.0. The third-order valence-electron chi connectivity index (χ3n) is 5.36. The summed E-state index contributed by atoms with van der Waals surface area (Å²) in [4.78, 5) is 21.2. The fourth-order valence-corrected chi connectivity index (χ4v) is 6.84. The van der Waals surface area contributed by atoms with Crippen molar-refractivity contribution >= 4 is 42.1 Å². The van der Waals surface area contributed by atoms with Crippen LogP contribution in [-0.2, 0) is 9.16 Å². The molecule has 6 heteroatoms. The van der Waals surface area contributed by atoms with Gasteiger partial charge in [0, 0.05) is 0 Å². The average Bonchev–Trinajstić information content (AvgIpc) is 2.84. The van der Waals surface area contributed by atoms with Gasteiger partial charge in [0.05, 0.1) is 0 Å². The standard InChI is InChI=1S/C16H24NO3Si.3CH3.Sn/c1-16(2,3)21(4,5)19-12-14-11-17(15(18)20-14)13-9-7-6-8-10-13;;;;/h7-10,14H,11-12H2,1-5H3;3*1H3;/t14-;;;;/m1..../s1. The monoisotopic (exact) mass is 471 g/mol. The van der Waals surface area contributed by atoms with E-state index in [9.17, 15) is 4.79 Å². The third-order valence-corrected chi connectivity index (χ3v) is 15.8. The van der Waals surface area contributed by atoms with Crippen molar-refractivity contribution in [3.05, 3.63) is 24.3 Å². The van der Waals surface area contributed by atoms with Crippen LogP contribution in [0.5, 0.6) is 0 Å². The summed E-state index contributed by atoms with van der Waals surface area (Å²) in [6, 6.07) is 8.46. The number of anilines is 1. The first-order valence-electron chi connectivity index (χ1n) is 9.04. The molecule has 1 amide bonds. The van der Waals surface area contributed by atoms with E-state index in [2.05, 4.69) is 72.9 Å². The van der Waals surface area contributed by atoms with Crippen molar-refractivity contribution in [3.8, 4) is 0 Å². The maximum atomic E-state index is 12.3. The number of rotatable bonds is 5. The van der Waals surface area contributed by atoms with Crippen molar-refractivity contribution < 1.29 is 14.0 Å². The quantitative estimate of drug-likeness (QED) is 0.592. The number of benzene rings is 1. The molecular weight excluding hydrogens is 437 g/mol. The van der Waals surface area contributed by atoms with E-state index in [1.54, 1.807) is 4.90 Å². The first kappa shape index (κ1) is 20.8. The van der Waals surface area contributed by atoms with Crippen molar-refractivity contribution in [1.29, 1.82) is 0 Å². The fraction of sp³-hybridized carbons (Fsp3) is 0.632. The number of nitrogens with zero attached hydrogens (tertiary/aromatic N) is 1. The second-order valence-electron chi connectivity index (χ2n) is 9.48. The van der Waals surface area contributed by atoms with Crippen LogP contribution < -0.4 is 8.48 Å². The fourth-order valence-electron chi connectivity index (χ4n) is 2.48. The molecule has 0 aliphatic carbocycles. The molecule has 1 saturated heterocycles. The van der Waals surface area contributed by atoms with Crippen LogP contribution in [0.15, 0.2) is 24.3 Å². The second kappa shape index (κ2) is 7.23. The Balaban J connectivity index is 2.01. The van der Waals surface area contributed by atoms with E-state index in [0.717, 1.165) is 5.69 Å². The van der Waals surface area contributed by atoms with Gasteiger partial charge in [0.15, 0.2) is 0 Å². The minimum atomic E-state index is -2.06. The molecule has 1 aromatic carbocycles. The number of ether oxygens (including phenoxy) is 1. The molecule has 1 atom stereocenters. The Morgan fingerprint density at radius 3 is 2.24 bits per heavy atom. The molecule has 1 aliphatic heterocycles. The van der Waals surface area contributed by atoms with Gasteiger partial charge in [-0.15, -0.1) is 0 Å². The number of hydrogen-bond donors (Lipinski definition) is 0. The summed E-state index contributed by atoms with van der Waals surface area (Å²) in [7, 11) is -1.83. The Kier molecular flexibility index (Phi) is 6.01. The Morgan fingerprint density at radius 2 is 1.76 bits per heavy atom. The van der Waals surface area contributed by atoms with Crippen molar-refractivity contribution in [2.45, 2.75) is 59.8 Å². The molecule has 1 heterocycles. The van der Waals surface area contributed by atoms with Gasteiger partial charge in [-0.2, -0.15) is 0 Å². The number of carbonyl (C=O) groups excluding carboxylic acids is 1. The van der Waals surface area contributed by atoms with Gasteiger partial charge in [0.1, 0.15) is 0 Å². The van der Waals surface area contributed by atoms with Crippen LogP contribution in [0.25, 0.3) is 0 Å². The predicted octanol–water partition coefficient (Wildman–Crippen LogP) is 4.58. The zero-order valence-electron chi connectivity index (χ0n) is 17.0. The summed E-state index contributed by atoms with van der Waals surface area (Å²) < 4.78 is 13.2. The van der Waals surface area contributed by atoms with Gasteiger partial charge in [-0.05, 0) is 0 Å². The van der Waals surface area contributed by atoms with Gasteiger partial charge in [0.2, 0.25) is 0 Å². The van der Waals surface area contributed by atoms with Gasteiger partial charge in [-0.25, -0.2) is 0 Å². The molecule has 0 radical (unpaired) electrons. The molecular formula is C19H33NO3SiSn. The van der Waals surface area contributed by atoms with Crippen LogP contribution in [0.2, 0.25) is 33.0 Å². The second-order valence-corrected chi connectivity index (χ2v) is 28.8. The SMILES string of the molecule is CC(C)(C)[Si](C)(C)OC[C@H]1CN(c2cc[c]([Sn]([CH3])([CH3])[CH3])cc2)C(=O)O1. The minimum absolute atomic E-state index is 0.157. The summed E-state index contributed by atoms with van der Waals surface area (Å²) in [5.74, 6) is 0. The zero-order valence-corrected chi connectivity index (χ0v) is 20.8. The molecule has 1 aromatic rings. The van der Waals surface area contributed by atoms with Crippen molar-refractivity contribution in [2.75, 3.05) is 18.1 Å². The first-order chi connectivity index (χ1) is 11.3. The predicted molar refractivity (Wildman–Crippen MR) is 110 cm³/mol. The van der Waals surface area contributed by atoms with Gasteiger partial charge in [-0.3, -0.25) is 0 Å². The maximum absolute atomic E-state index is 12.3. The van der Waals surface area contributed by atoms with Crippen LogP contribution in [0.4, 0.5) is 10.5 Å². The molecule has 0 unspecified atom stereocenters. The van der Waals surface area contributed by atoms with Crippen LogP contribution in [0.3, 0.4) is 0 Å². The molecule has 0 saturated carbocycles. The van der Waals surface area contributed by atoms with Crippen molar-refractivity contribution in [3.63, 3.8) is 0 Å².